The molecular formula is C17H16O3. The van der Waals surface area contributed by atoms with Crippen LogP contribution < -0.4 is 0 Å². The van der Waals surface area contributed by atoms with Gasteiger partial charge in [-0.1, -0.05) is 48.6 Å². The fourth-order valence-electron chi connectivity index (χ4n) is 2.65. The molecule has 1 aliphatic carbocycles. The number of allylic oxidation sites excluding steroid dienone is 2. The molecule has 0 N–H and O–H groups in total. The first-order valence-electron chi connectivity index (χ1n) is 6.66. The summed E-state index contributed by atoms with van der Waals surface area (Å²) in [5.74, 6) is 0.420. The van der Waals surface area contributed by atoms with Crippen molar-refractivity contribution in [2.75, 3.05) is 7.11 Å². The number of hydrogen-bond acceptors (Lipinski definition) is 3. The molecule has 0 amide bonds. The van der Waals surface area contributed by atoms with E-state index in [0.29, 0.717) is 12.0 Å². The Hall–Kier alpha value is -2.29. The Kier molecular flexibility index (Phi) is 3.42. The Morgan fingerprint density at radius 3 is 2.65 bits per heavy atom. The van der Waals surface area contributed by atoms with Gasteiger partial charge < -0.3 is 9.47 Å². The van der Waals surface area contributed by atoms with E-state index in [1.165, 1.54) is 0 Å². The van der Waals surface area contributed by atoms with Crippen LogP contribution in [0.4, 0.5) is 0 Å². The Labute approximate surface area is 118 Å². The molecule has 1 aliphatic heterocycles. The Morgan fingerprint density at radius 1 is 1.15 bits per heavy atom. The number of esters is 1. The van der Waals surface area contributed by atoms with Gasteiger partial charge in [0, 0.05) is 6.42 Å². The van der Waals surface area contributed by atoms with Gasteiger partial charge in [0.2, 0.25) is 0 Å². The van der Waals surface area contributed by atoms with Crippen LogP contribution in [0.2, 0.25) is 0 Å². The highest BCUT2D eigenvalue weighted by atomic mass is 16.6. The Bertz CT molecular complexity index is 596. The average molecular weight is 268 g/mol. The van der Waals surface area contributed by atoms with Crippen LogP contribution in [0.3, 0.4) is 0 Å². The average Bonchev–Trinajstić information content (AvgIpc) is 2.49. The lowest BCUT2D eigenvalue weighted by atomic mass is 9.88. The second-order valence-corrected chi connectivity index (χ2v) is 4.87. The van der Waals surface area contributed by atoms with Crippen LogP contribution in [0, 0.1) is 5.92 Å². The SMILES string of the molecule is COC1=C(Cc2ccccc2)C(=O)O[C@H]2C=CC=C[C@H]12. The van der Waals surface area contributed by atoms with Gasteiger partial charge in [-0.3, -0.25) is 0 Å². The smallest absolute Gasteiger partial charge is 0.338 e. The molecule has 2 aliphatic rings. The number of hydrogen-bond donors (Lipinski definition) is 0. The van der Waals surface area contributed by atoms with Gasteiger partial charge in [-0.25, -0.2) is 4.79 Å². The Morgan fingerprint density at radius 2 is 1.90 bits per heavy atom. The number of benzene rings is 1. The minimum Gasteiger partial charge on any atom is -0.500 e. The molecule has 0 fully saturated rings. The van der Waals surface area contributed by atoms with Crippen molar-refractivity contribution in [2.45, 2.75) is 12.5 Å². The van der Waals surface area contributed by atoms with Gasteiger partial charge >= 0.3 is 5.97 Å². The topological polar surface area (TPSA) is 35.5 Å². The van der Waals surface area contributed by atoms with Crippen LogP contribution in [0.1, 0.15) is 5.56 Å². The molecule has 102 valence electrons. The van der Waals surface area contributed by atoms with Crippen molar-refractivity contribution in [3.63, 3.8) is 0 Å². The van der Waals surface area contributed by atoms with Gasteiger partial charge in [0.1, 0.15) is 11.9 Å². The predicted molar refractivity (Wildman–Crippen MR) is 75.8 cm³/mol. The minimum atomic E-state index is -0.285. The number of methoxy groups -OCH3 is 1. The molecule has 20 heavy (non-hydrogen) atoms. The molecule has 0 bridgehead atoms. The Balaban J connectivity index is 1.97. The van der Waals surface area contributed by atoms with E-state index in [1.807, 2.05) is 54.6 Å². The highest BCUT2D eigenvalue weighted by molar-refractivity contribution is 5.91. The van der Waals surface area contributed by atoms with Crippen LogP contribution >= 0.6 is 0 Å². The molecule has 0 radical (unpaired) electrons. The third-order valence-electron chi connectivity index (χ3n) is 3.62. The van der Waals surface area contributed by atoms with E-state index in [9.17, 15) is 4.79 Å². The summed E-state index contributed by atoms with van der Waals surface area (Å²) in [5, 5.41) is 0. The summed E-state index contributed by atoms with van der Waals surface area (Å²) < 4.78 is 11.0. The fraction of sp³-hybridized carbons (Fsp3) is 0.235. The molecule has 3 nitrogen and oxygen atoms in total. The summed E-state index contributed by atoms with van der Waals surface area (Å²) in [6, 6.07) is 9.87. The minimum absolute atomic E-state index is 0.0126. The molecule has 1 heterocycles. The third kappa shape index (κ3) is 2.27. The summed E-state index contributed by atoms with van der Waals surface area (Å²) in [5.41, 5.74) is 1.68. The zero-order valence-corrected chi connectivity index (χ0v) is 11.3. The summed E-state index contributed by atoms with van der Waals surface area (Å²) in [6.07, 6.45) is 8.04. The predicted octanol–water partition coefficient (Wildman–Crippen LogP) is 2.80. The van der Waals surface area contributed by atoms with E-state index >= 15 is 0 Å². The van der Waals surface area contributed by atoms with Crippen molar-refractivity contribution in [3.05, 3.63) is 71.5 Å². The van der Waals surface area contributed by atoms with Gasteiger partial charge in [-0.15, -0.1) is 0 Å². The van der Waals surface area contributed by atoms with Crippen molar-refractivity contribution in [3.8, 4) is 0 Å². The molecular weight excluding hydrogens is 252 g/mol. The van der Waals surface area contributed by atoms with Crippen molar-refractivity contribution in [1.29, 1.82) is 0 Å². The van der Waals surface area contributed by atoms with Crippen LogP contribution in [0.25, 0.3) is 0 Å². The zero-order valence-electron chi connectivity index (χ0n) is 11.3. The number of fused-ring (bicyclic) bond motifs is 1. The van der Waals surface area contributed by atoms with Crippen LogP contribution in [-0.4, -0.2) is 19.2 Å². The molecule has 0 aromatic heterocycles. The van der Waals surface area contributed by atoms with E-state index in [1.54, 1.807) is 7.11 Å². The standard InChI is InChI=1S/C17H16O3/c1-19-16-13-9-5-6-10-15(13)20-17(18)14(16)11-12-7-3-2-4-8-12/h2-10,13,15H,11H2,1H3/t13-,15-/m0/s1. The van der Waals surface area contributed by atoms with E-state index in [-0.39, 0.29) is 18.0 Å². The number of carbonyl (C=O) groups excluding carboxylic acids is 1. The zero-order chi connectivity index (χ0) is 13.9. The van der Waals surface area contributed by atoms with Crippen LogP contribution in [0.15, 0.2) is 66.0 Å². The van der Waals surface area contributed by atoms with E-state index in [0.717, 1.165) is 11.3 Å². The quantitative estimate of drug-likeness (QED) is 0.791. The van der Waals surface area contributed by atoms with Gasteiger partial charge in [0.15, 0.2) is 0 Å². The first kappa shape index (κ1) is 12.7. The summed E-state index contributed by atoms with van der Waals surface area (Å²) in [6.45, 7) is 0. The normalized spacial score (nSPS) is 24.4. The molecule has 0 spiro atoms. The van der Waals surface area contributed by atoms with E-state index in [2.05, 4.69) is 0 Å². The van der Waals surface area contributed by atoms with Crippen LogP contribution in [-0.2, 0) is 20.7 Å². The van der Waals surface area contributed by atoms with Crippen LogP contribution in [0.5, 0.6) is 0 Å². The first-order valence-corrected chi connectivity index (χ1v) is 6.66. The molecule has 3 rings (SSSR count). The number of rotatable bonds is 3. The van der Waals surface area contributed by atoms with E-state index in [4.69, 9.17) is 9.47 Å². The third-order valence-corrected chi connectivity index (χ3v) is 3.62. The highest BCUT2D eigenvalue weighted by Crippen LogP contribution is 2.33. The molecule has 1 aromatic rings. The van der Waals surface area contributed by atoms with E-state index < -0.39 is 0 Å². The number of carbonyl (C=O) groups is 1. The molecule has 0 saturated heterocycles. The van der Waals surface area contributed by atoms with Crippen molar-refractivity contribution < 1.29 is 14.3 Å². The summed E-state index contributed by atoms with van der Waals surface area (Å²) >= 11 is 0. The molecule has 0 saturated carbocycles. The molecule has 2 atom stereocenters. The lowest BCUT2D eigenvalue weighted by molar-refractivity contribution is -0.146. The summed E-state index contributed by atoms with van der Waals surface area (Å²) in [7, 11) is 1.61. The van der Waals surface area contributed by atoms with Crippen molar-refractivity contribution in [1.82, 2.24) is 0 Å². The second kappa shape index (κ2) is 5.37. The van der Waals surface area contributed by atoms with Crippen molar-refractivity contribution in [2.24, 2.45) is 5.92 Å². The maximum Gasteiger partial charge on any atom is 0.338 e. The first-order chi connectivity index (χ1) is 9.79. The lowest BCUT2D eigenvalue weighted by Crippen LogP contribution is -2.35. The van der Waals surface area contributed by atoms with Gasteiger partial charge in [0.05, 0.1) is 18.6 Å². The summed E-state index contributed by atoms with van der Waals surface area (Å²) in [4.78, 5) is 12.2. The van der Waals surface area contributed by atoms with Gasteiger partial charge in [-0.2, -0.15) is 0 Å². The van der Waals surface area contributed by atoms with Gasteiger partial charge in [-0.05, 0) is 11.6 Å². The second-order valence-electron chi connectivity index (χ2n) is 4.87. The monoisotopic (exact) mass is 268 g/mol. The molecule has 0 unspecified atom stereocenters. The maximum absolute atomic E-state index is 12.2. The van der Waals surface area contributed by atoms with Crippen molar-refractivity contribution >= 4 is 5.97 Å². The lowest BCUT2D eigenvalue weighted by Gasteiger charge is -2.32. The largest absolute Gasteiger partial charge is 0.500 e. The molecule has 3 heteroatoms. The molecule has 1 aromatic carbocycles. The van der Waals surface area contributed by atoms with Gasteiger partial charge in [0.25, 0.3) is 0 Å². The highest BCUT2D eigenvalue weighted by Gasteiger charge is 2.36. The maximum atomic E-state index is 12.2. The number of ether oxygens (including phenoxy) is 2. The fourth-order valence-corrected chi connectivity index (χ4v) is 2.65.